The van der Waals surface area contributed by atoms with Crippen molar-refractivity contribution in [2.75, 3.05) is 0 Å². The van der Waals surface area contributed by atoms with Crippen LogP contribution in [-0.4, -0.2) is 5.11 Å². The number of hydrogen-bond donors (Lipinski definition) is 1. The van der Waals surface area contributed by atoms with Gasteiger partial charge in [-0.3, -0.25) is 0 Å². The summed E-state index contributed by atoms with van der Waals surface area (Å²) in [6, 6.07) is 10.0. The van der Waals surface area contributed by atoms with Crippen molar-refractivity contribution in [3.63, 3.8) is 0 Å². The van der Waals surface area contributed by atoms with E-state index >= 15 is 0 Å². The lowest BCUT2D eigenvalue weighted by Gasteiger charge is -2.07. The summed E-state index contributed by atoms with van der Waals surface area (Å²) in [6.45, 7) is 0. The Hall–Kier alpha value is -1.74. The molecular formula is C12H8ClFO2. The molecule has 0 radical (unpaired) electrons. The quantitative estimate of drug-likeness (QED) is 0.858. The SMILES string of the molecule is Oc1cc(Cl)ccc1Oc1ccc(F)cc1. The first-order valence-electron chi connectivity index (χ1n) is 4.57. The molecule has 0 aromatic heterocycles. The zero-order chi connectivity index (χ0) is 11.5. The van der Waals surface area contributed by atoms with Crippen LogP contribution in [0.15, 0.2) is 42.5 Å². The van der Waals surface area contributed by atoms with E-state index in [1.54, 1.807) is 12.1 Å². The Morgan fingerprint density at radius 2 is 1.75 bits per heavy atom. The Balaban J connectivity index is 2.23. The van der Waals surface area contributed by atoms with E-state index in [4.69, 9.17) is 16.3 Å². The highest BCUT2D eigenvalue weighted by atomic mass is 35.5. The zero-order valence-electron chi connectivity index (χ0n) is 8.15. The third-order valence-corrected chi connectivity index (χ3v) is 2.20. The van der Waals surface area contributed by atoms with E-state index in [9.17, 15) is 9.50 Å². The second kappa shape index (κ2) is 4.41. The minimum absolute atomic E-state index is 0.0585. The van der Waals surface area contributed by atoms with Crippen LogP contribution in [0.25, 0.3) is 0 Å². The standard InChI is InChI=1S/C12H8ClFO2/c13-8-1-6-12(11(15)7-8)16-10-4-2-9(14)3-5-10/h1-7,15H. The second-order valence-electron chi connectivity index (χ2n) is 3.17. The fraction of sp³-hybridized carbons (Fsp3) is 0. The number of ether oxygens (including phenoxy) is 1. The molecule has 0 saturated carbocycles. The fourth-order valence-electron chi connectivity index (χ4n) is 1.21. The first kappa shape index (κ1) is 10.8. The Labute approximate surface area is 96.9 Å². The van der Waals surface area contributed by atoms with Gasteiger partial charge in [-0.05, 0) is 36.4 Å². The van der Waals surface area contributed by atoms with Gasteiger partial charge in [0.15, 0.2) is 11.5 Å². The number of benzene rings is 2. The average Bonchev–Trinajstić information content (AvgIpc) is 2.25. The van der Waals surface area contributed by atoms with Gasteiger partial charge < -0.3 is 9.84 Å². The van der Waals surface area contributed by atoms with Gasteiger partial charge in [-0.15, -0.1) is 0 Å². The van der Waals surface area contributed by atoms with Crippen molar-refractivity contribution in [2.24, 2.45) is 0 Å². The van der Waals surface area contributed by atoms with E-state index in [1.807, 2.05) is 0 Å². The van der Waals surface area contributed by atoms with Crippen LogP contribution in [0.1, 0.15) is 0 Å². The van der Waals surface area contributed by atoms with Crippen LogP contribution in [0.4, 0.5) is 4.39 Å². The van der Waals surface area contributed by atoms with Gasteiger partial charge in [0, 0.05) is 11.1 Å². The summed E-state index contributed by atoms with van der Waals surface area (Å²) in [7, 11) is 0. The Bertz CT molecular complexity index is 497. The molecular weight excluding hydrogens is 231 g/mol. The summed E-state index contributed by atoms with van der Waals surface area (Å²) in [5.41, 5.74) is 0. The predicted octanol–water partition coefficient (Wildman–Crippen LogP) is 3.98. The Kier molecular flexibility index (Phi) is 2.97. The molecule has 2 aromatic rings. The molecule has 0 spiro atoms. The van der Waals surface area contributed by atoms with Crippen LogP contribution in [-0.2, 0) is 0 Å². The van der Waals surface area contributed by atoms with Crippen molar-refractivity contribution >= 4 is 11.6 Å². The predicted molar refractivity (Wildman–Crippen MR) is 59.6 cm³/mol. The van der Waals surface area contributed by atoms with Crippen molar-refractivity contribution in [1.29, 1.82) is 0 Å². The molecule has 0 unspecified atom stereocenters. The van der Waals surface area contributed by atoms with E-state index in [0.29, 0.717) is 10.8 Å². The van der Waals surface area contributed by atoms with Crippen LogP contribution in [0, 0.1) is 5.82 Å². The molecule has 0 aliphatic carbocycles. The molecule has 0 aliphatic heterocycles. The largest absolute Gasteiger partial charge is 0.504 e. The lowest BCUT2D eigenvalue weighted by atomic mass is 10.3. The van der Waals surface area contributed by atoms with Crippen LogP contribution in [0.5, 0.6) is 17.2 Å². The minimum atomic E-state index is -0.340. The zero-order valence-corrected chi connectivity index (χ0v) is 8.91. The highest BCUT2D eigenvalue weighted by molar-refractivity contribution is 6.30. The molecule has 82 valence electrons. The molecule has 2 rings (SSSR count). The molecule has 2 aromatic carbocycles. The Morgan fingerprint density at radius 3 is 2.38 bits per heavy atom. The monoisotopic (exact) mass is 238 g/mol. The number of phenols is 1. The molecule has 0 atom stereocenters. The second-order valence-corrected chi connectivity index (χ2v) is 3.60. The van der Waals surface area contributed by atoms with Crippen LogP contribution in [0.2, 0.25) is 5.02 Å². The fourth-order valence-corrected chi connectivity index (χ4v) is 1.37. The maximum atomic E-state index is 12.6. The van der Waals surface area contributed by atoms with E-state index in [2.05, 4.69) is 0 Å². The van der Waals surface area contributed by atoms with Gasteiger partial charge >= 0.3 is 0 Å². The van der Waals surface area contributed by atoms with Crippen molar-refractivity contribution < 1.29 is 14.2 Å². The first-order valence-corrected chi connectivity index (χ1v) is 4.95. The summed E-state index contributed by atoms with van der Waals surface area (Å²) < 4.78 is 18.0. The highest BCUT2D eigenvalue weighted by Crippen LogP contribution is 2.32. The molecule has 0 saturated heterocycles. The van der Waals surface area contributed by atoms with Gasteiger partial charge in [-0.2, -0.15) is 0 Å². The maximum absolute atomic E-state index is 12.6. The maximum Gasteiger partial charge on any atom is 0.169 e. The third-order valence-electron chi connectivity index (χ3n) is 1.96. The number of halogens is 2. The molecule has 1 N–H and O–H groups in total. The molecule has 0 bridgehead atoms. The van der Waals surface area contributed by atoms with Crippen molar-refractivity contribution in [2.45, 2.75) is 0 Å². The number of phenolic OH excluding ortho intramolecular Hbond substituents is 1. The van der Waals surface area contributed by atoms with Crippen LogP contribution >= 0.6 is 11.6 Å². The first-order chi connectivity index (χ1) is 7.65. The lowest BCUT2D eigenvalue weighted by molar-refractivity contribution is 0.411. The number of rotatable bonds is 2. The van der Waals surface area contributed by atoms with Gasteiger partial charge in [0.1, 0.15) is 11.6 Å². The van der Waals surface area contributed by atoms with Crippen LogP contribution < -0.4 is 4.74 Å². The smallest absolute Gasteiger partial charge is 0.169 e. The molecule has 16 heavy (non-hydrogen) atoms. The molecule has 4 heteroatoms. The lowest BCUT2D eigenvalue weighted by Crippen LogP contribution is -1.85. The van der Waals surface area contributed by atoms with Gasteiger partial charge in [-0.25, -0.2) is 4.39 Å². The third kappa shape index (κ3) is 2.44. The summed E-state index contributed by atoms with van der Waals surface area (Å²) in [5, 5.41) is 9.94. The van der Waals surface area contributed by atoms with Crippen molar-refractivity contribution in [3.8, 4) is 17.2 Å². The Morgan fingerprint density at radius 1 is 1.06 bits per heavy atom. The van der Waals surface area contributed by atoms with E-state index in [0.717, 1.165) is 0 Å². The van der Waals surface area contributed by atoms with Crippen molar-refractivity contribution in [1.82, 2.24) is 0 Å². The molecule has 0 amide bonds. The topological polar surface area (TPSA) is 29.5 Å². The van der Waals surface area contributed by atoms with Gasteiger partial charge in [0.2, 0.25) is 0 Å². The summed E-state index contributed by atoms with van der Waals surface area (Å²) >= 11 is 5.68. The number of aromatic hydroxyl groups is 1. The molecule has 2 nitrogen and oxygen atoms in total. The highest BCUT2D eigenvalue weighted by Gasteiger charge is 2.04. The van der Waals surface area contributed by atoms with Crippen LogP contribution in [0.3, 0.4) is 0 Å². The van der Waals surface area contributed by atoms with E-state index < -0.39 is 0 Å². The normalized spacial score (nSPS) is 10.1. The molecule has 0 aliphatic rings. The minimum Gasteiger partial charge on any atom is -0.504 e. The van der Waals surface area contributed by atoms with Gasteiger partial charge in [0.05, 0.1) is 0 Å². The van der Waals surface area contributed by atoms with Gasteiger partial charge in [-0.1, -0.05) is 11.6 Å². The number of hydrogen-bond acceptors (Lipinski definition) is 2. The van der Waals surface area contributed by atoms with Crippen molar-refractivity contribution in [3.05, 3.63) is 53.3 Å². The molecule has 0 fully saturated rings. The van der Waals surface area contributed by atoms with Gasteiger partial charge in [0.25, 0.3) is 0 Å². The summed E-state index contributed by atoms with van der Waals surface area (Å²) in [6.07, 6.45) is 0. The average molecular weight is 239 g/mol. The summed E-state index contributed by atoms with van der Waals surface area (Å²) in [5.74, 6) is 0.319. The molecule has 0 heterocycles. The van der Waals surface area contributed by atoms with E-state index in [-0.39, 0.29) is 17.3 Å². The van der Waals surface area contributed by atoms with E-state index in [1.165, 1.54) is 30.3 Å². The summed E-state index contributed by atoms with van der Waals surface area (Å²) in [4.78, 5) is 0.